The minimum Gasteiger partial charge on any atom is -0.495 e. The summed E-state index contributed by atoms with van der Waals surface area (Å²) in [5.74, 6) is 1.41. The van der Waals surface area contributed by atoms with E-state index in [0.29, 0.717) is 40.6 Å². The molecule has 0 saturated heterocycles. The van der Waals surface area contributed by atoms with Gasteiger partial charge in [-0.25, -0.2) is 18.1 Å². The van der Waals surface area contributed by atoms with Crippen molar-refractivity contribution in [3.8, 4) is 5.75 Å². The smallest absolute Gasteiger partial charge is 0.242 e. The summed E-state index contributed by atoms with van der Waals surface area (Å²) in [4.78, 5) is 8.94. The fourth-order valence-electron chi connectivity index (χ4n) is 2.80. The summed E-state index contributed by atoms with van der Waals surface area (Å²) in [7, 11) is -2.07. The maximum atomic E-state index is 12.7. The van der Waals surface area contributed by atoms with E-state index >= 15 is 0 Å². The highest BCUT2D eigenvalue weighted by Gasteiger charge is 2.19. The molecular formula is C21H24BrN5O3S. The van der Waals surface area contributed by atoms with Crippen molar-refractivity contribution in [2.45, 2.75) is 25.2 Å². The molecule has 1 heterocycles. The molecule has 0 fully saturated rings. The maximum absolute atomic E-state index is 12.7. The Hall–Kier alpha value is -2.69. The molecule has 0 aliphatic rings. The van der Waals surface area contributed by atoms with Gasteiger partial charge in [-0.3, -0.25) is 0 Å². The Balaban J connectivity index is 1.92. The van der Waals surface area contributed by atoms with Crippen molar-refractivity contribution in [1.29, 1.82) is 0 Å². The van der Waals surface area contributed by atoms with E-state index in [4.69, 9.17) is 4.74 Å². The average molecular weight is 506 g/mol. The first-order chi connectivity index (χ1) is 14.8. The van der Waals surface area contributed by atoms with Gasteiger partial charge in [-0.2, -0.15) is 4.98 Å². The molecule has 0 amide bonds. The summed E-state index contributed by atoms with van der Waals surface area (Å²) in [5, 5.41) is 6.25. The predicted molar refractivity (Wildman–Crippen MR) is 126 cm³/mol. The van der Waals surface area contributed by atoms with E-state index < -0.39 is 10.0 Å². The number of ether oxygens (including phenoxy) is 1. The second-order valence-corrected chi connectivity index (χ2v) is 9.33. The van der Waals surface area contributed by atoms with Crippen molar-refractivity contribution in [3.05, 3.63) is 58.7 Å². The molecule has 3 aromatic rings. The minimum atomic E-state index is -3.66. The molecule has 0 aliphatic heterocycles. The number of nitrogens with zero attached hydrogens (tertiary/aromatic N) is 2. The molecule has 0 unspecified atom stereocenters. The molecule has 0 saturated carbocycles. The molecule has 1 aromatic heterocycles. The van der Waals surface area contributed by atoms with E-state index in [0.717, 1.165) is 11.3 Å². The standard InChI is InChI=1S/C21H24BrN5O3S/c1-4-11-24-31(28,29)19-8-6-5-7-16(19)25-20-15(22)13-23-21(27-20)26-17-12-14(2)9-10-18(17)30-3/h5-10,12-13,24H,4,11H2,1-3H3,(H2,23,25,26,27). The highest BCUT2D eigenvalue weighted by Crippen LogP contribution is 2.31. The molecule has 0 aliphatic carbocycles. The third-order valence-corrected chi connectivity index (χ3v) is 6.42. The summed E-state index contributed by atoms with van der Waals surface area (Å²) in [5.41, 5.74) is 2.18. The van der Waals surface area contributed by atoms with E-state index in [1.165, 1.54) is 0 Å². The number of aromatic nitrogens is 2. The normalized spacial score (nSPS) is 11.2. The van der Waals surface area contributed by atoms with E-state index in [-0.39, 0.29) is 4.90 Å². The second-order valence-electron chi connectivity index (χ2n) is 6.74. The maximum Gasteiger partial charge on any atom is 0.242 e. The van der Waals surface area contributed by atoms with Crippen LogP contribution in [0.4, 0.5) is 23.1 Å². The van der Waals surface area contributed by atoms with Gasteiger partial charge in [0.1, 0.15) is 16.5 Å². The van der Waals surface area contributed by atoms with Crippen LogP contribution in [-0.4, -0.2) is 32.0 Å². The van der Waals surface area contributed by atoms with Crippen LogP contribution in [0.5, 0.6) is 5.75 Å². The monoisotopic (exact) mass is 505 g/mol. The van der Waals surface area contributed by atoms with Crippen LogP contribution in [0.2, 0.25) is 0 Å². The lowest BCUT2D eigenvalue weighted by Crippen LogP contribution is -2.25. The van der Waals surface area contributed by atoms with Gasteiger partial charge in [0.15, 0.2) is 0 Å². The van der Waals surface area contributed by atoms with Crippen molar-refractivity contribution < 1.29 is 13.2 Å². The molecule has 164 valence electrons. The number of nitrogens with one attached hydrogen (secondary N) is 3. The Labute approximate surface area is 190 Å². The second kappa shape index (κ2) is 10.1. The third-order valence-electron chi connectivity index (χ3n) is 4.32. The van der Waals surface area contributed by atoms with E-state index in [1.807, 2.05) is 32.0 Å². The zero-order chi connectivity index (χ0) is 22.4. The van der Waals surface area contributed by atoms with Gasteiger partial charge < -0.3 is 15.4 Å². The Morgan fingerprint density at radius 1 is 1.10 bits per heavy atom. The number of benzene rings is 2. The first-order valence-electron chi connectivity index (χ1n) is 9.64. The Morgan fingerprint density at radius 3 is 2.61 bits per heavy atom. The molecule has 0 radical (unpaired) electrons. The van der Waals surface area contributed by atoms with E-state index in [1.54, 1.807) is 37.6 Å². The lowest BCUT2D eigenvalue weighted by Gasteiger charge is -2.15. The van der Waals surface area contributed by atoms with Crippen LogP contribution in [0.1, 0.15) is 18.9 Å². The van der Waals surface area contributed by atoms with Crippen LogP contribution < -0.4 is 20.1 Å². The minimum absolute atomic E-state index is 0.142. The quantitative estimate of drug-likeness (QED) is 0.385. The van der Waals surface area contributed by atoms with Crippen LogP contribution >= 0.6 is 15.9 Å². The molecule has 10 heteroatoms. The van der Waals surface area contributed by atoms with Crippen molar-refractivity contribution in [2.75, 3.05) is 24.3 Å². The first-order valence-corrected chi connectivity index (χ1v) is 11.9. The fraction of sp³-hybridized carbons (Fsp3) is 0.238. The molecule has 0 bridgehead atoms. The Kier molecular flexibility index (Phi) is 7.47. The lowest BCUT2D eigenvalue weighted by molar-refractivity contribution is 0.416. The largest absolute Gasteiger partial charge is 0.495 e. The zero-order valence-corrected chi connectivity index (χ0v) is 19.8. The number of halogens is 1. The summed E-state index contributed by atoms with van der Waals surface area (Å²) in [6.45, 7) is 4.24. The van der Waals surface area contributed by atoms with Crippen molar-refractivity contribution in [1.82, 2.24) is 14.7 Å². The highest BCUT2D eigenvalue weighted by atomic mass is 79.9. The molecule has 3 rings (SSSR count). The van der Waals surface area contributed by atoms with Crippen LogP contribution in [0.25, 0.3) is 0 Å². The number of para-hydroxylation sites is 1. The summed E-state index contributed by atoms with van der Waals surface area (Å²) < 4.78 is 33.9. The highest BCUT2D eigenvalue weighted by molar-refractivity contribution is 9.10. The number of hydrogen-bond acceptors (Lipinski definition) is 7. The topological polar surface area (TPSA) is 105 Å². The van der Waals surface area contributed by atoms with Gasteiger partial charge in [0, 0.05) is 12.7 Å². The van der Waals surface area contributed by atoms with Crippen LogP contribution in [0, 0.1) is 6.92 Å². The number of sulfonamides is 1. The number of aryl methyl sites for hydroxylation is 1. The van der Waals surface area contributed by atoms with Gasteiger partial charge in [-0.05, 0) is 59.1 Å². The number of hydrogen-bond donors (Lipinski definition) is 3. The van der Waals surface area contributed by atoms with Gasteiger partial charge in [0.25, 0.3) is 0 Å². The first kappa shape index (κ1) is 23.0. The van der Waals surface area contributed by atoms with Crippen molar-refractivity contribution >= 4 is 49.1 Å². The number of methoxy groups -OCH3 is 1. The van der Waals surface area contributed by atoms with Gasteiger partial charge in [0.05, 0.1) is 23.0 Å². The van der Waals surface area contributed by atoms with E-state index in [9.17, 15) is 8.42 Å². The van der Waals surface area contributed by atoms with Crippen molar-refractivity contribution in [2.24, 2.45) is 0 Å². The third kappa shape index (κ3) is 5.72. The fourth-order valence-corrected chi connectivity index (χ4v) is 4.39. The van der Waals surface area contributed by atoms with Gasteiger partial charge in [-0.15, -0.1) is 0 Å². The van der Waals surface area contributed by atoms with Crippen LogP contribution in [-0.2, 0) is 10.0 Å². The van der Waals surface area contributed by atoms with Gasteiger partial charge in [0.2, 0.25) is 16.0 Å². The van der Waals surface area contributed by atoms with Crippen LogP contribution in [0.15, 0.2) is 58.0 Å². The van der Waals surface area contributed by atoms with Gasteiger partial charge in [-0.1, -0.05) is 25.1 Å². The van der Waals surface area contributed by atoms with E-state index in [2.05, 4.69) is 41.3 Å². The predicted octanol–water partition coefficient (Wildman–Crippen LogP) is 4.73. The molecule has 8 nitrogen and oxygen atoms in total. The summed E-state index contributed by atoms with van der Waals surface area (Å²) in [6, 6.07) is 12.4. The van der Waals surface area contributed by atoms with Gasteiger partial charge >= 0.3 is 0 Å². The molecule has 0 atom stereocenters. The SMILES string of the molecule is CCCNS(=O)(=O)c1ccccc1Nc1nc(Nc2cc(C)ccc2OC)ncc1Br. The molecular weight excluding hydrogens is 482 g/mol. The van der Waals surface area contributed by atoms with Crippen molar-refractivity contribution in [3.63, 3.8) is 0 Å². The average Bonchev–Trinajstić information content (AvgIpc) is 2.75. The lowest BCUT2D eigenvalue weighted by atomic mass is 10.2. The summed E-state index contributed by atoms with van der Waals surface area (Å²) >= 11 is 3.43. The van der Waals surface area contributed by atoms with Crippen LogP contribution in [0.3, 0.4) is 0 Å². The summed E-state index contributed by atoms with van der Waals surface area (Å²) in [6.07, 6.45) is 2.29. The Bertz CT molecular complexity index is 1170. The molecule has 2 aromatic carbocycles. The molecule has 3 N–H and O–H groups in total. The Morgan fingerprint density at radius 2 is 1.87 bits per heavy atom. The zero-order valence-electron chi connectivity index (χ0n) is 17.4. The number of anilines is 4. The molecule has 0 spiro atoms. The molecule has 31 heavy (non-hydrogen) atoms. The number of rotatable bonds is 9.